The number of pyridine rings is 1. The van der Waals surface area contributed by atoms with Crippen LogP contribution in [0.3, 0.4) is 0 Å². The second-order valence-electron chi connectivity index (χ2n) is 8.89. The molecule has 1 aromatic carbocycles. The van der Waals surface area contributed by atoms with Gasteiger partial charge in [-0.15, -0.1) is 0 Å². The van der Waals surface area contributed by atoms with Crippen LogP contribution in [0.4, 0.5) is 0 Å². The van der Waals surface area contributed by atoms with Crippen LogP contribution in [-0.2, 0) is 14.1 Å². The average molecular weight is 378 g/mol. The van der Waals surface area contributed by atoms with E-state index >= 15 is 0 Å². The van der Waals surface area contributed by atoms with Crippen molar-refractivity contribution in [2.75, 3.05) is 0 Å². The topological polar surface area (TPSA) is 60.5 Å². The van der Waals surface area contributed by atoms with Gasteiger partial charge in [0.25, 0.3) is 0 Å². The fraction of sp³-hybridized carbons (Fsp3) is 0.455. The molecule has 6 heteroatoms. The standard InChI is InChI=1S/C22H27BN2O3/c1-13-7-9-17(20(26)24-13)18-12-15-11-16(8-10-19(15)25-14(18)2)23-27-21(3,4)22(5,6)28-23/h8,10-12,17H,1,7,9H2,2-6H3,(H,24,26). The zero-order chi connectivity index (χ0) is 20.3. The fourth-order valence-electron chi connectivity index (χ4n) is 3.86. The van der Waals surface area contributed by atoms with Crippen molar-refractivity contribution in [3.8, 4) is 0 Å². The van der Waals surface area contributed by atoms with Gasteiger partial charge in [0.15, 0.2) is 0 Å². The molecule has 0 radical (unpaired) electrons. The Morgan fingerprint density at radius 2 is 1.86 bits per heavy atom. The number of benzene rings is 1. The molecule has 1 unspecified atom stereocenters. The molecule has 2 aromatic rings. The lowest BCUT2D eigenvalue weighted by Crippen LogP contribution is -2.41. The number of amides is 1. The van der Waals surface area contributed by atoms with Crippen molar-refractivity contribution in [2.24, 2.45) is 0 Å². The molecule has 1 N–H and O–H groups in total. The predicted octanol–water partition coefficient (Wildman–Crippen LogP) is 3.35. The van der Waals surface area contributed by atoms with Gasteiger partial charge in [0, 0.05) is 16.8 Å². The van der Waals surface area contributed by atoms with Crippen molar-refractivity contribution >= 4 is 29.4 Å². The van der Waals surface area contributed by atoms with Crippen molar-refractivity contribution in [1.29, 1.82) is 0 Å². The van der Waals surface area contributed by atoms with Gasteiger partial charge in [0.05, 0.1) is 22.6 Å². The number of allylic oxidation sites excluding steroid dienone is 1. The molecule has 1 atom stereocenters. The van der Waals surface area contributed by atoms with Crippen molar-refractivity contribution in [3.05, 3.63) is 47.8 Å². The van der Waals surface area contributed by atoms with Gasteiger partial charge in [-0.25, -0.2) is 0 Å². The van der Waals surface area contributed by atoms with Gasteiger partial charge in [0.2, 0.25) is 5.91 Å². The Hall–Kier alpha value is -2.18. The van der Waals surface area contributed by atoms with Gasteiger partial charge >= 0.3 is 7.12 Å². The van der Waals surface area contributed by atoms with Crippen LogP contribution in [0.15, 0.2) is 36.5 Å². The van der Waals surface area contributed by atoms with E-state index in [1.54, 1.807) is 0 Å². The fourth-order valence-corrected chi connectivity index (χ4v) is 3.86. The molecule has 1 amide bonds. The Morgan fingerprint density at radius 1 is 1.18 bits per heavy atom. The van der Waals surface area contributed by atoms with Crippen molar-refractivity contribution in [3.63, 3.8) is 0 Å². The maximum absolute atomic E-state index is 12.5. The van der Waals surface area contributed by atoms with Crippen LogP contribution in [0.5, 0.6) is 0 Å². The third kappa shape index (κ3) is 3.14. The molecule has 1 aromatic heterocycles. The minimum absolute atomic E-state index is 0.00242. The summed E-state index contributed by atoms with van der Waals surface area (Å²) in [5, 5.41) is 3.87. The number of rotatable bonds is 2. The van der Waals surface area contributed by atoms with Gasteiger partial charge in [-0.05, 0) is 70.6 Å². The van der Waals surface area contributed by atoms with Gasteiger partial charge in [-0.3, -0.25) is 9.78 Å². The van der Waals surface area contributed by atoms with Crippen LogP contribution in [0.2, 0.25) is 0 Å². The Bertz CT molecular complexity index is 967. The van der Waals surface area contributed by atoms with Crippen molar-refractivity contribution in [2.45, 2.75) is 64.6 Å². The number of aromatic nitrogens is 1. The summed E-state index contributed by atoms with van der Waals surface area (Å²) in [6, 6.07) is 8.15. The lowest BCUT2D eigenvalue weighted by Gasteiger charge is -2.32. The SMILES string of the molecule is C=C1CCC(c2cc3cc(B4OC(C)(C)C(C)(C)O4)ccc3nc2C)C(=O)N1. The van der Waals surface area contributed by atoms with Gasteiger partial charge in [-0.2, -0.15) is 0 Å². The molecular weight excluding hydrogens is 351 g/mol. The number of nitrogens with zero attached hydrogens (tertiary/aromatic N) is 1. The first-order chi connectivity index (χ1) is 13.1. The predicted molar refractivity (Wildman–Crippen MR) is 111 cm³/mol. The molecule has 5 nitrogen and oxygen atoms in total. The van der Waals surface area contributed by atoms with E-state index in [0.717, 1.165) is 46.2 Å². The van der Waals surface area contributed by atoms with Crippen LogP contribution in [0, 0.1) is 6.92 Å². The lowest BCUT2D eigenvalue weighted by atomic mass is 9.78. The highest BCUT2D eigenvalue weighted by atomic mass is 16.7. The van der Waals surface area contributed by atoms with E-state index in [1.165, 1.54) is 0 Å². The van der Waals surface area contributed by atoms with Crippen LogP contribution < -0.4 is 10.8 Å². The van der Waals surface area contributed by atoms with Crippen molar-refractivity contribution < 1.29 is 14.1 Å². The van der Waals surface area contributed by atoms with E-state index in [4.69, 9.17) is 14.3 Å². The maximum atomic E-state index is 12.5. The van der Waals surface area contributed by atoms with E-state index in [2.05, 4.69) is 24.0 Å². The van der Waals surface area contributed by atoms with E-state index in [0.29, 0.717) is 0 Å². The summed E-state index contributed by atoms with van der Waals surface area (Å²) >= 11 is 0. The normalized spacial score (nSPS) is 23.9. The number of hydrogen-bond donors (Lipinski definition) is 1. The molecule has 0 bridgehead atoms. The second kappa shape index (κ2) is 6.43. The minimum Gasteiger partial charge on any atom is -0.399 e. The smallest absolute Gasteiger partial charge is 0.399 e. The monoisotopic (exact) mass is 378 g/mol. The summed E-state index contributed by atoms with van der Waals surface area (Å²) in [5.74, 6) is -0.189. The second-order valence-corrected chi connectivity index (χ2v) is 8.89. The van der Waals surface area contributed by atoms with E-state index in [-0.39, 0.29) is 23.0 Å². The number of carbonyl (C=O) groups excluding carboxylic acids is 1. The highest BCUT2D eigenvalue weighted by molar-refractivity contribution is 6.62. The lowest BCUT2D eigenvalue weighted by molar-refractivity contribution is -0.122. The Balaban J connectivity index is 1.71. The Kier molecular flexibility index (Phi) is 4.40. The molecule has 0 aliphatic carbocycles. The maximum Gasteiger partial charge on any atom is 0.494 e. The highest BCUT2D eigenvalue weighted by Crippen LogP contribution is 2.37. The number of hydrogen-bond acceptors (Lipinski definition) is 4. The molecule has 2 aliphatic heterocycles. The zero-order valence-corrected chi connectivity index (χ0v) is 17.3. The average Bonchev–Trinajstić information content (AvgIpc) is 2.82. The van der Waals surface area contributed by atoms with Crippen LogP contribution >= 0.6 is 0 Å². The van der Waals surface area contributed by atoms with Gasteiger partial charge in [-0.1, -0.05) is 18.7 Å². The van der Waals surface area contributed by atoms with Crippen molar-refractivity contribution in [1.82, 2.24) is 10.3 Å². The number of carbonyl (C=O) groups is 1. The Morgan fingerprint density at radius 3 is 2.50 bits per heavy atom. The van der Waals surface area contributed by atoms with Gasteiger partial charge in [0.1, 0.15) is 0 Å². The van der Waals surface area contributed by atoms with Crippen LogP contribution in [0.1, 0.15) is 57.7 Å². The molecular formula is C22H27BN2O3. The molecule has 3 heterocycles. The molecule has 2 saturated heterocycles. The summed E-state index contributed by atoms with van der Waals surface area (Å²) in [5.41, 5.74) is 3.76. The number of aryl methyl sites for hydroxylation is 1. The van der Waals surface area contributed by atoms with Crippen LogP contribution in [0.25, 0.3) is 10.9 Å². The summed E-state index contributed by atoms with van der Waals surface area (Å²) < 4.78 is 12.4. The highest BCUT2D eigenvalue weighted by Gasteiger charge is 2.51. The first-order valence-electron chi connectivity index (χ1n) is 9.83. The third-order valence-electron chi connectivity index (χ3n) is 6.32. The van der Waals surface area contributed by atoms with Crippen LogP contribution in [-0.4, -0.2) is 29.2 Å². The largest absolute Gasteiger partial charge is 0.494 e. The molecule has 2 fully saturated rings. The molecule has 2 aliphatic rings. The molecule has 4 rings (SSSR count). The first-order valence-corrected chi connectivity index (χ1v) is 9.83. The minimum atomic E-state index is -0.416. The zero-order valence-electron chi connectivity index (χ0n) is 17.3. The molecule has 0 spiro atoms. The first kappa shape index (κ1) is 19.2. The number of fused-ring (bicyclic) bond motifs is 1. The quantitative estimate of drug-likeness (QED) is 0.815. The van der Waals surface area contributed by atoms with E-state index < -0.39 is 7.12 Å². The molecule has 146 valence electrons. The third-order valence-corrected chi connectivity index (χ3v) is 6.32. The van der Waals surface area contributed by atoms with E-state index in [9.17, 15) is 4.79 Å². The number of nitrogens with one attached hydrogen (secondary N) is 1. The summed E-state index contributed by atoms with van der Waals surface area (Å²) in [6.45, 7) is 14.0. The van der Waals surface area contributed by atoms with E-state index in [1.807, 2.05) is 46.8 Å². The van der Waals surface area contributed by atoms with Gasteiger partial charge < -0.3 is 14.6 Å². The number of piperidine rings is 1. The summed E-state index contributed by atoms with van der Waals surface area (Å²) in [4.78, 5) is 17.2. The summed E-state index contributed by atoms with van der Waals surface area (Å²) in [7, 11) is -0.416. The molecule has 28 heavy (non-hydrogen) atoms. The summed E-state index contributed by atoms with van der Waals surface area (Å²) in [6.07, 6.45) is 1.55. The Labute approximate surface area is 166 Å². The molecule has 0 saturated carbocycles.